The highest BCUT2D eigenvalue weighted by molar-refractivity contribution is 5.63. The number of aliphatic hydroxyl groups excluding tert-OH is 1. The highest BCUT2D eigenvalue weighted by atomic mass is 16.3. The molecule has 1 unspecified atom stereocenters. The number of nitrogens with one attached hydrogen (secondary N) is 1. The Bertz CT molecular complexity index is 513. The van der Waals surface area contributed by atoms with Crippen molar-refractivity contribution >= 4 is 0 Å². The summed E-state index contributed by atoms with van der Waals surface area (Å²) in [6, 6.07) is 19.0. The summed E-state index contributed by atoms with van der Waals surface area (Å²) in [5, 5.41) is 12.8. The average Bonchev–Trinajstić information content (AvgIpc) is 2.49. The molecule has 0 saturated heterocycles. The minimum absolute atomic E-state index is 0.168. The maximum Gasteiger partial charge on any atom is 0.0451 e. The molecule has 2 aromatic carbocycles. The molecule has 0 aliphatic heterocycles. The van der Waals surface area contributed by atoms with Crippen molar-refractivity contribution < 1.29 is 5.11 Å². The predicted molar refractivity (Wildman–Crippen MR) is 84.6 cm³/mol. The van der Waals surface area contributed by atoms with Gasteiger partial charge in [0, 0.05) is 12.1 Å². The van der Waals surface area contributed by atoms with Gasteiger partial charge < -0.3 is 10.4 Å². The zero-order valence-electron chi connectivity index (χ0n) is 12.3. The molecule has 0 spiro atoms. The summed E-state index contributed by atoms with van der Waals surface area (Å²) in [4.78, 5) is 0. The summed E-state index contributed by atoms with van der Waals surface area (Å²) >= 11 is 0. The van der Waals surface area contributed by atoms with Gasteiger partial charge in [-0.1, -0.05) is 61.5 Å². The van der Waals surface area contributed by atoms with Gasteiger partial charge in [-0.15, -0.1) is 0 Å². The molecule has 106 valence electrons. The molecule has 0 saturated carbocycles. The lowest BCUT2D eigenvalue weighted by Crippen LogP contribution is -2.40. The molecule has 20 heavy (non-hydrogen) atoms. The van der Waals surface area contributed by atoms with E-state index in [0.717, 1.165) is 6.54 Å². The lowest BCUT2D eigenvalue weighted by molar-refractivity contribution is 0.223. The Morgan fingerprint density at radius 3 is 2.10 bits per heavy atom. The number of aliphatic hydroxyl groups is 1. The molecule has 0 aliphatic carbocycles. The van der Waals surface area contributed by atoms with E-state index in [0.29, 0.717) is 6.42 Å². The Hall–Kier alpha value is -1.64. The van der Waals surface area contributed by atoms with Crippen molar-refractivity contribution in [3.05, 3.63) is 60.2 Å². The maximum absolute atomic E-state index is 9.28. The fraction of sp³-hybridized carbons (Fsp3) is 0.333. The van der Waals surface area contributed by atoms with Crippen molar-refractivity contribution in [3.8, 4) is 11.1 Å². The van der Waals surface area contributed by atoms with E-state index in [1.54, 1.807) is 0 Å². The quantitative estimate of drug-likeness (QED) is 0.840. The van der Waals surface area contributed by atoms with E-state index in [-0.39, 0.29) is 12.1 Å². The van der Waals surface area contributed by atoms with Crippen molar-refractivity contribution in [2.75, 3.05) is 13.2 Å². The van der Waals surface area contributed by atoms with Gasteiger partial charge in [-0.05, 0) is 36.6 Å². The zero-order chi connectivity index (χ0) is 14.4. The molecule has 2 rings (SSSR count). The average molecular weight is 269 g/mol. The van der Waals surface area contributed by atoms with Gasteiger partial charge in [-0.25, -0.2) is 0 Å². The molecule has 1 atom stereocenters. The van der Waals surface area contributed by atoms with E-state index in [1.165, 1.54) is 16.7 Å². The standard InChI is InChI=1S/C18H23NO/c1-3-19-18(2,13-14-20)17-11-9-16(10-12-17)15-7-5-4-6-8-15/h4-12,19-20H,3,13-14H2,1-2H3. The molecule has 2 aromatic rings. The first-order chi connectivity index (χ1) is 9.69. The Morgan fingerprint density at radius 1 is 0.950 bits per heavy atom. The van der Waals surface area contributed by atoms with Gasteiger partial charge in [-0.3, -0.25) is 0 Å². The van der Waals surface area contributed by atoms with E-state index in [1.807, 2.05) is 6.07 Å². The van der Waals surface area contributed by atoms with Crippen LogP contribution in [0, 0.1) is 0 Å². The summed E-state index contributed by atoms with van der Waals surface area (Å²) in [7, 11) is 0. The van der Waals surface area contributed by atoms with Gasteiger partial charge in [0.1, 0.15) is 0 Å². The van der Waals surface area contributed by atoms with Gasteiger partial charge in [0.05, 0.1) is 0 Å². The first-order valence-corrected chi connectivity index (χ1v) is 7.21. The molecule has 0 radical (unpaired) electrons. The highest BCUT2D eigenvalue weighted by Crippen LogP contribution is 2.27. The lowest BCUT2D eigenvalue weighted by Gasteiger charge is -2.31. The Labute approximate surface area is 121 Å². The van der Waals surface area contributed by atoms with Crippen molar-refractivity contribution in [1.82, 2.24) is 5.32 Å². The van der Waals surface area contributed by atoms with Crippen molar-refractivity contribution in [2.45, 2.75) is 25.8 Å². The Balaban J connectivity index is 2.27. The second kappa shape index (κ2) is 6.69. The fourth-order valence-electron chi connectivity index (χ4n) is 2.61. The predicted octanol–water partition coefficient (Wildman–Crippen LogP) is 3.56. The van der Waals surface area contributed by atoms with Crippen LogP contribution in [0.1, 0.15) is 25.8 Å². The molecule has 0 fully saturated rings. The minimum Gasteiger partial charge on any atom is -0.396 e. The smallest absolute Gasteiger partial charge is 0.0451 e. The van der Waals surface area contributed by atoms with Gasteiger partial charge in [0.2, 0.25) is 0 Å². The van der Waals surface area contributed by atoms with Gasteiger partial charge in [0.25, 0.3) is 0 Å². The van der Waals surface area contributed by atoms with Crippen LogP contribution in [0.25, 0.3) is 11.1 Å². The van der Waals surface area contributed by atoms with E-state index < -0.39 is 0 Å². The van der Waals surface area contributed by atoms with Gasteiger partial charge >= 0.3 is 0 Å². The van der Waals surface area contributed by atoms with Crippen LogP contribution in [-0.4, -0.2) is 18.3 Å². The monoisotopic (exact) mass is 269 g/mol. The molecule has 2 N–H and O–H groups in total. The molecule has 2 nitrogen and oxygen atoms in total. The van der Waals surface area contributed by atoms with E-state index in [4.69, 9.17) is 0 Å². The Kier molecular flexibility index (Phi) is 4.94. The fourth-order valence-corrected chi connectivity index (χ4v) is 2.61. The van der Waals surface area contributed by atoms with Crippen molar-refractivity contribution in [1.29, 1.82) is 0 Å². The van der Waals surface area contributed by atoms with Crippen LogP contribution in [-0.2, 0) is 5.54 Å². The van der Waals surface area contributed by atoms with Crippen LogP contribution in [0.5, 0.6) is 0 Å². The molecule has 2 heteroatoms. The summed E-state index contributed by atoms with van der Waals surface area (Å²) in [6.07, 6.45) is 0.714. The normalized spacial score (nSPS) is 13.9. The van der Waals surface area contributed by atoms with Crippen LogP contribution in [0.4, 0.5) is 0 Å². The highest BCUT2D eigenvalue weighted by Gasteiger charge is 2.24. The van der Waals surface area contributed by atoms with Crippen LogP contribution in [0.2, 0.25) is 0 Å². The van der Waals surface area contributed by atoms with Crippen LogP contribution in [0.15, 0.2) is 54.6 Å². The largest absolute Gasteiger partial charge is 0.396 e. The topological polar surface area (TPSA) is 32.3 Å². The summed E-state index contributed by atoms with van der Waals surface area (Å²) in [5.74, 6) is 0. The second-order valence-electron chi connectivity index (χ2n) is 5.28. The van der Waals surface area contributed by atoms with Gasteiger partial charge in [0.15, 0.2) is 0 Å². The lowest BCUT2D eigenvalue weighted by atomic mass is 9.87. The first-order valence-electron chi connectivity index (χ1n) is 7.21. The summed E-state index contributed by atoms with van der Waals surface area (Å²) < 4.78 is 0. The summed E-state index contributed by atoms with van der Waals surface area (Å²) in [5.41, 5.74) is 3.50. The molecule has 0 aliphatic rings. The zero-order valence-corrected chi connectivity index (χ0v) is 12.3. The molecule has 0 aromatic heterocycles. The molecule has 0 bridgehead atoms. The third-order valence-corrected chi connectivity index (χ3v) is 3.81. The van der Waals surface area contributed by atoms with Crippen molar-refractivity contribution in [2.24, 2.45) is 0 Å². The summed E-state index contributed by atoms with van der Waals surface area (Å²) in [6.45, 7) is 5.30. The molecule has 0 amide bonds. The minimum atomic E-state index is -0.168. The molecular weight excluding hydrogens is 246 g/mol. The first kappa shape index (κ1) is 14.8. The van der Waals surface area contributed by atoms with Crippen LogP contribution in [0.3, 0.4) is 0 Å². The maximum atomic E-state index is 9.28. The third kappa shape index (κ3) is 3.27. The third-order valence-electron chi connectivity index (χ3n) is 3.81. The SMILES string of the molecule is CCNC(C)(CCO)c1ccc(-c2ccccc2)cc1. The number of hydrogen-bond donors (Lipinski definition) is 2. The molecular formula is C18H23NO. The van der Waals surface area contributed by atoms with Gasteiger partial charge in [-0.2, -0.15) is 0 Å². The molecule has 0 heterocycles. The van der Waals surface area contributed by atoms with Crippen molar-refractivity contribution in [3.63, 3.8) is 0 Å². The van der Waals surface area contributed by atoms with Crippen LogP contribution < -0.4 is 5.32 Å². The van der Waals surface area contributed by atoms with Crippen LogP contribution >= 0.6 is 0 Å². The van der Waals surface area contributed by atoms with E-state index >= 15 is 0 Å². The van der Waals surface area contributed by atoms with E-state index in [9.17, 15) is 5.11 Å². The number of rotatable bonds is 6. The number of benzene rings is 2. The number of hydrogen-bond acceptors (Lipinski definition) is 2. The van der Waals surface area contributed by atoms with E-state index in [2.05, 4.69) is 67.7 Å². The second-order valence-corrected chi connectivity index (χ2v) is 5.28. The Morgan fingerprint density at radius 2 is 1.55 bits per heavy atom.